The Hall–Kier alpha value is -1.60. The molecule has 3 aromatic rings. The second-order valence-corrected chi connectivity index (χ2v) is 9.49. The van der Waals surface area contributed by atoms with Gasteiger partial charge in [0.05, 0.1) is 10.2 Å². The van der Waals surface area contributed by atoms with Gasteiger partial charge in [0, 0.05) is 28.6 Å². The number of aromatic nitrogens is 1. The summed E-state index contributed by atoms with van der Waals surface area (Å²) in [6, 6.07) is 11.7. The van der Waals surface area contributed by atoms with Gasteiger partial charge in [-0.25, -0.2) is 4.98 Å². The lowest BCUT2D eigenvalue weighted by Crippen LogP contribution is -2.36. The maximum Gasteiger partial charge on any atom is 0.260 e. The molecule has 0 atom stereocenters. The monoisotopic (exact) mass is 433 g/mol. The van der Waals surface area contributed by atoms with Gasteiger partial charge in [0.1, 0.15) is 0 Å². The SMILES string of the molecule is CCSc1ccc(C(=O)N(CCN(C)C)c2nc3c(C)c(Cl)ccc3s2)cc1. The zero-order chi connectivity index (χ0) is 20.3. The van der Waals surface area contributed by atoms with Crippen LogP contribution in [0.2, 0.25) is 5.02 Å². The van der Waals surface area contributed by atoms with Gasteiger partial charge < -0.3 is 4.90 Å². The molecule has 2 aromatic carbocycles. The summed E-state index contributed by atoms with van der Waals surface area (Å²) in [5.74, 6) is 0.980. The Morgan fingerprint density at radius 1 is 1.14 bits per heavy atom. The number of anilines is 1. The van der Waals surface area contributed by atoms with E-state index in [0.717, 1.165) is 28.1 Å². The summed E-state index contributed by atoms with van der Waals surface area (Å²) >= 11 is 9.55. The van der Waals surface area contributed by atoms with Crippen LogP contribution in [0.15, 0.2) is 41.3 Å². The van der Waals surface area contributed by atoms with Gasteiger partial charge in [0.15, 0.2) is 5.13 Å². The number of hydrogen-bond donors (Lipinski definition) is 0. The Kier molecular flexibility index (Phi) is 6.99. The molecule has 0 N–H and O–H groups in total. The van der Waals surface area contributed by atoms with Crippen LogP contribution >= 0.6 is 34.7 Å². The van der Waals surface area contributed by atoms with E-state index < -0.39 is 0 Å². The Balaban J connectivity index is 1.96. The zero-order valence-corrected chi connectivity index (χ0v) is 18.9. The molecule has 0 aliphatic heterocycles. The van der Waals surface area contributed by atoms with E-state index in [-0.39, 0.29) is 5.91 Å². The Bertz CT molecular complexity index is 970. The van der Waals surface area contributed by atoms with Crippen LogP contribution in [-0.4, -0.2) is 48.7 Å². The van der Waals surface area contributed by atoms with Gasteiger partial charge >= 0.3 is 0 Å². The number of carbonyl (C=O) groups excluding carboxylic acids is 1. The molecule has 0 saturated carbocycles. The molecule has 1 aromatic heterocycles. The molecule has 1 heterocycles. The minimum absolute atomic E-state index is 0.0299. The molecule has 3 rings (SSSR count). The molecule has 0 bridgehead atoms. The van der Waals surface area contributed by atoms with Crippen LogP contribution in [-0.2, 0) is 0 Å². The number of fused-ring (bicyclic) bond motifs is 1. The molecular weight excluding hydrogens is 410 g/mol. The van der Waals surface area contributed by atoms with Crippen molar-refractivity contribution >= 4 is 56.0 Å². The Morgan fingerprint density at radius 2 is 1.86 bits per heavy atom. The summed E-state index contributed by atoms with van der Waals surface area (Å²) in [5, 5.41) is 1.40. The summed E-state index contributed by atoms with van der Waals surface area (Å²) < 4.78 is 1.04. The van der Waals surface area contributed by atoms with Gasteiger partial charge in [0.2, 0.25) is 0 Å². The smallest absolute Gasteiger partial charge is 0.260 e. The van der Waals surface area contributed by atoms with E-state index in [1.54, 1.807) is 16.7 Å². The van der Waals surface area contributed by atoms with Crippen molar-refractivity contribution in [1.82, 2.24) is 9.88 Å². The fraction of sp³-hybridized carbons (Fsp3) is 0.333. The van der Waals surface area contributed by atoms with Crippen LogP contribution in [0.3, 0.4) is 0 Å². The lowest BCUT2D eigenvalue weighted by molar-refractivity contribution is 0.0985. The number of likely N-dealkylation sites (N-methyl/N-ethyl adjacent to an activating group) is 1. The highest BCUT2D eigenvalue weighted by Gasteiger charge is 2.22. The number of thiazole rings is 1. The van der Waals surface area contributed by atoms with E-state index in [2.05, 4.69) is 11.8 Å². The molecular formula is C21H24ClN3OS2. The van der Waals surface area contributed by atoms with Crippen molar-refractivity contribution in [2.45, 2.75) is 18.7 Å². The molecule has 0 unspecified atom stereocenters. The van der Waals surface area contributed by atoms with Gasteiger partial charge in [-0.15, -0.1) is 11.8 Å². The van der Waals surface area contributed by atoms with E-state index in [1.807, 2.05) is 57.4 Å². The van der Waals surface area contributed by atoms with Gasteiger partial charge in [-0.3, -0.25) is 9.69 Å². The lowest BCUT2D eigenvalue weighted by atomic mass is 10.2. The molecule has 1 amide bonds. The van der Waals surface area contributed by atoms with Crippen LogP contribution in [0.25, 0.3) is 10.2 Å². The molecule has 0 aliphatic rings. The maximum atomic E-state index is 13.3. The highest BCUT2D eigenvalue weighted by molar-refractivity contribution is 7.99. The van der Waals surface area contributed by atoms with Gasteiger partial charge in [-0.05, 0) is 68.7 Å². The predicted molar refractivity (Wildman–Crippen MR) is 122 cm³/mol. The van der Waals surface area contributed by atoms with Crippen molar-refractivity contribution in [3.63, 3.8) is 0 Å². The number of nitrogens with zero attached hydrogens (tertiary/aromatic N) is 3. The normalized spacial score (nSPS) is 11.4. The average molecular weight is 434 g/mol. The third kappa shape index (κ3) is 4.69. The first-order valence-electron chi connectivity index (χ1n) is 9.15. The van der Waals surface area contributed by atoms with Crippen LogP contribution in [0.1, 0.15) is 22.8 Å². The molecule has 4 nitrogen and oxygen atoms in total. The summed E-state index contributed by atoms with van der Waals surface area (Å²) in [6.07, 6.45) is 0. The standard InChI is InChI=1S/C21H24ClN3OS2/c1-5-27-16-8-6-15(7-9-16)20(26)25(13-12-24(3)4)21-23-19-14(2)17(22)10-11-18(19)28-21/h6-11H,5,12-13H2,1-4H3. The van der Waals surface area contributed by atoms with E-state index in [9.17, 15) is 4.79 Å². The number of thioether (sulfide) groups is 1. The number of carbonyl (C=O) groups is 1. The van der Waals surface area contributed by atoms with Crippen LogP contribution < -0.4 is 4.90 Å². The fourth-order valence-electron chi connectivity index (χ4n) is 2.80. The number of aryl methyl sites for hydroxylation is 1. The van der Waals surface area contributed by atoms with Gasteiger partial charge in [-0.2, -0.15) is 0 Å². The predicted octanol–water partition coefficient (Wildman–Crippen LogP) is 5.58. The fourth-order valence-corrected chi connectivity index (χ4v) is 4.67. The molecule has 0 fully saturated rings. The van der Waals surface area contributed by atoms with Gasteiger partial charge in [-0.1, -0.05) is 29.9 Å². The minimum atomic E-state index is -0.0299. The second-order valence-electron chi connectivity index (χ2n) is 6.73. The second kappa shape index (κ2) is 9.27. The topological polar surface area (TPSA) is 36.4 Å². The number of hydrogen-bond acceptors (Lipinski definition) is 5. The highest BCUT2D eigenvalue weighted by atomic mass is 35.5. The molecule has 28 heavy (non-hydrogen) atoms. The third-order valence-electron chi connectivity index (χ3n) is 4.40. The average Bonchev–Trinajstić information content (AvgIpc) is 3.10. The van der Waals surface area contributed by atoms with Crippen molar-refractivity contribution in [2.24, 2.45) is 0 Å². The summed E-state index contributed by atoms with van der Waals surface area (Å²) in [5.41, 5.74) is 2.49. The number of rotatable bonds is 7. The molecule has 0 saturated heterocycles. The van der Waals surface area contributed by atoms with E-state index in [4.69, 9.17) is 16.6 Å². The van der Waals surface area contributed by atoms with E-state index >= 15 is 0 Å². The van der Waals surface area contributed by atoms with Crippen molar-refractivity contribution < 1.29 is 4.79 Å². The van der Waals surface area contributed by atoms with Crippen molar-refractivity contribution in [3.8, 4) is 0 Å². The number of halogens is 1. The van der Waals surface area contributed by atoms with Crippen LogP contribution in [0.4, 0.5) is 5.13 Å². The Morgan fingerprint density at radius 3 is 2.50 bits per heavy atom. The minimum Gasteiger partial charge on any atom is -0.308 e. The molecule has 0 spiro atoms. The Labute approximate surface area is 179 Å². The summed E-state index contributed by atoms with van der Waals surface area (Å²) in [6.45, 7) is 5.41. The summed E-state index contributed by atoms with van der Waals surface area (Å²) in [7, 11) is 4.00. The van der Waals surface area contributed by atoms with Crippen molar-refractivity contribution in [2.75, 3.05) is 37.8 Å². The lowest BCUT2D eigenvalue weighted by Gasteiger charge is -2.22. The first-order chi connectivity index (χ1) is 13.4. The van der Waals surface area contributed by atoms with E-state index in [1.165, 1.54) is 16.2 Å². The summed E-state index contributed by atoms with van der Waals surface area (Å²) in [4.78, 5) is 23.1. The van der Waals surface area contributed by atoms with Crippen molar-refractivity contribution in [3.05, 3.63) is 52.5 Å². The maximum absolute atomic E-state index is 13.3. The molecule has 0 aliphatic carbocycles. The molecule has 7 heteroatoms. The number of benzene rings is 2. The van der Waals surface area contributed by atoms with E-state index in [0.29, 0.717) is 22.3 Å². The molecule has 148 valence electrons. The van der Waals surface area contributed by atoms with Crippen LogP contribution in [0.5, 0.6) is 0 Å². The largest absolute Gasteiger partial charge is 0.308 e. The number of amides is 1. The first kappa shape index (κ1) is 21.1. The molecule has 0 radical (unpaired) electrons. The van der Waals surface area contributed by atoms with Crippen molar-refractivity contribution in [1.29, 1.82) is 0 Å². The van der Waals surface area contributed by atoms with Gasteiger partial charge in [0.25, 0.3) is 5.91 Å². The highest BCUT2D eigenvalue weighted by Crippen LogP contribution is 2.34. The first-order valence-corrected chi connectivity index (χ1v) is 11.3. The van der Waals surface area contributed by atoms with Crippen LogP contribution in [0, 0.1) is 6.92 Å². The quantitative estimate of drug-likeness (QED) is 0.456. The third-order valence-corrected chi connectivity index (χ3v) is 6.74. The zero-order valence-electron chi connectivity index (χ0n) is 16.5.